The maximum atomic E-state index is 14.2. The second-order valence-electron chi connectivity index (χ2n) is 4.92. The van der Waals surface area contributed by atoms with E-state index in [4.69, 9.17) is 4.74 Å². The summed E-state index contributed by atoms with van der Waals surface area (Å²) in [6, 6.07) is 2.66. The molecule has 0 unspecified atom stereocenters. The number of benzene rings is 1. The van der Waals surface area contributed by atoms with Gasteiger partial charge in [0, 0.05) is 18.7 Å². The summed E-state index contributed by atoms with van der Waals surface area (Å²) < 4.78 is 47.4. The molecule has 1 aliphatic heterocycles. The lowest BCUT2D eigenvalue weighted by Crippen LogP contribution is -2.38. The van der Waals surface area contributed by atoms with Crippen molar-refractivity contribution in [3.8, 4) is 5.75 Å². The van der Waals surface area contributed by atoms with Crippen molar-refractivity contribution in [1.82, 2.24) is 14.8 Å². The largest absolute Gasteiger partial charge is 0.494 e. The molecule has 0 N–H and O–H groups in total. The Hall–Kier alpha value is -2.16. The highest BCUT2D eigenvalue weighted by Gasteiger charge is 2.33. The van der Waals surface area contributed by atoms with Crippen LogP contribution in [0.1, 0.15) is 12.0 Å². The molecule has 9 heteroatoms. The van der Waals surface area contributed by atoms with Gasteiger partial charge < -0.3 is 4.74 Å². The van der Waals surface area contributed by atoms with E-state index in [-0.39, 0.29) is 28.7 Å². The van der Waals surface area contributed by atoms with Gasteiger partial charge in [0.2, 0.25) is 5.95 Å². The molecular formula is C13H15FN4O3S. The van der Waals surface area contributed by atoms with E-state index in [1.54, 1.807) is 0 Å². The van der Waals surface area contributed by atoms with Crippen LogP contribution in [0.5, 0.6) is 5.75 Å². The molecule has 0 saturated heterocycles. The average Bonchev–Trinajstić information content (AvgIpc) is 2.97. The predicted molar refractivity (Wildman–Crippen MR) is 76.9 cm³/mol. The van der Waals surface area contributed by atoms with E-state index in [0.29, 0.717) is 13.0 Å². The Morgan fingerprint density at radius 2 is 2.09 bits per heavy atom. The minimum absolute atomic E-state index is 0.0123. The molecule has 22 heavy (non-hydrogen) atoms. The predicted octanol–water partition coefficient (Wildman–Crippen LogP) is 1.33. The molecule has 1 aromatic carbocycles. The van der Waals surface area contributed by atoms with Gasteiger partial charge in [0.1, 0.15) is 6.33 Å². The molecule has 7 nitrogen and oxygen atoms in total. The van der Waals surface area contributed by atoms with Crippen LogP contribution in [0.3, 0.4) is 0 Å². The third-order valence-corrected chi connectivity index (χ3v) is 5.56. The molecule has 2 aromatic rings. The van der Waals surface area contributed by atoms with Crippen molar-refractivity contribution in [2.75, 3.05) is 18.0 Å². The monoisotopic (exact) mass is 326 g/mol. The highest BCUT2D eigenvalue weighted by atomic mass is 32.2. The highest BCUT2D eigenvalue weighted by molar-refractivity contribution is 7.92. The summed E-state index contributed by atoms with van der Waals surface area (Å²) in [6.45, 7) is 2.31. The Bertz CT molecular complexity index is 819. The number of aromatic nitrogens is 3. The first kappa shape index (κ1) is 14.8. The van der Waals surface area contributed by atoms with Crippen molar-refractivity contribution in [2.24, 2.45) is 0 Å². The van der Waals surface area contributed by atoms with Gasteiger partial charge in [-0.2, -0.15) is 10.1 Å². The Kier molecular flexibility index (Phi) is 3.51. The maximum absolute atomic E-state index is 14.2. The molecule has 0 aliphatic carbocycles. The number of nitrogens with zero attached hydrogens (tertiary/aromatic N) is 4. The van der Waals surface area contributed by atoms with Crippen LogP contribution in [0.15, 0.2) is 23.4 Å². The van der Waals surface area contributed by atoms with E-state index in [0.717, 1.165) is 4.31 Å². The first-order valence-electron chi connectivity index (χ1n) is 6.70. The van der Waals surface area contributed by atoms with Crippen molar-refractivity contribution >= 4 is 16.0 Å². The molecule has 1 aromatic heterocycles. The number of anilines is 1. The van der Waals surface area contributed by atoms with Gasteiger partial charge in [-0.25, -0.2) is 21.8 Å². The lowest BCUT2D eigenvalue weighted by molar-refractivity contribution is 0.384. The molecule has 0 atom stereocenters. The molecule has 2 heterocycles. The summed E-state index contributed by atoms with van der Waals surface area (Å²) in [6.07, 6.45) is 1.93. The summed E-state index contributed by atoms with van der Waals surface area (Å²) in [5, 5.41) is 3.99. The lowest BCUT2D eigenvalue weighted by Gasteiger charge is -2.27. The summed E-state index contributed by atoms with van der Waals surface area (Å²) in [5.74, 6) is -0.415. The molecule has 1 aliphatic rings. The zero-order valence-corrected chi connectivity index (χ0v) is 13.0. The third kappa shape index (κ3) is 2.12. The van der Waals surface area contributed by atoms with Gasteiger partial charge in [-0.15, -0.1) is 0 Å². The van der Waals surface area contributed by atoms with Gasteiger partial charge in [-0.1, -0.05) is 0 Å². The summed E-state index contributed by atoms with van der Waals surface area (Å²) in [5.41, 5.74) is 0.0241. The number of aryl methyl sites for hydroxylation is 1. The SMILES string of the molecule is COc1ccc(S(=O)(=O)N2CCCn3ncnc32)c(C)c1F. The molecule has 0 radical (unpaired) electrons. The standard InChI is InChI=1S/C13H15FN4O3S/c1-9-11(5-4-10(21-2)12(9)14)22(19,20)18-7-3-6-17-13(18)15-8-16-17/h4-5,8H,3,6-7H2,1-2H3. The molecule has 118 valence electrons. The van der Waals surface area contributed by atoms with Crippen molar-refractivity contribution in [3.05, 3.63) is 29.8 Å². The maximum Gasteiger partial charge on any atom is 0.267 e. The number of rotatable bonds is 3. The van der Waals surface area contributed by atoms with E-state index in [9.17, 15) is 12.8 Å². The minimum Gasteiger partial charge on any atom is -0.494 e. The van der Waals surface area contributed by atoms with Crippen LogP contribution in [0.2, 0.25) is 0 Å². The first-order valence-corrected chi connectivity index (χ1v) is 8.14. The van der Waals surface area contributed by atoms with Crippen molar-refractivity contribution in [3.63, 3.8) is 0 Å². The van der Waals surface area contributed by atoms with Crippen molar-refractivity contribution < 1.29 is 17.5 Å². The fourth-order valence-corrected chi connectivity index (χ4v) is 4.18. The Morgan fingerprint density at radius 1 is 1.32 bits per heavy atom. The van der Waals surface area contributed by atoms with E-state index in [1.807, 2.05) is 0 Å². The molecule has 3 rings (SSSR count). The number of halogens is 1. The molecule has 0 saturated carbocycles. The number of fused-ring (bicyclic) bond motifs is 1. The fraction of sp³-hybridized carbons (Fsp3) is 0.385. The fourth-order valence-electron chi connectivity index (χ4n) is 2.50. The van der Waals surface area contributed by atoms with Gasteiger partial charge in [0.15, 0.2) is 11.6 Å². The number of hydrogen-bond acceptors (Lipinski definition) is 5. The Morgan fingerprint density at radius 3 is 2.82 bits per heavy atom. The van der Waals surface area contributed by atoms with Gasteiger partial charge >= 0.3 is 0 Å². The van der Waals surface area contributed by atoms with Crippen LogP contribution in [-0.2, 0) is 16.6 Å². The van der Waals surface area contributed by atoms with E-state index in [2.05, 4.69) is 10.1 Å². The molecule has 0 amide bonds. The van der Waals surface area contributed by atoms with E-state index < -0.39 is 15.8 Å². The smallest absolute Gasteiger partial charge is 0.267 e. The molecular weight excluding hydrogens is 311 g/mol. The zero-order valence-electron chi connectivity index (χ0n) is 12.2. The van der Waals surface area contributed by atoms with E-state index in [1.165, 1.54) is 37.2 Å². The minimum atomic E-state index is -3.91. The Labute approximate surface area is 127 Å². The van der Waals surface area contributed by atoms with Gasteiger partial charge in [0.05, 0.1) is 12.0 Å². The molecule has 0 fully saturated rings. The summed E-state index contributed by atoms with van der Waals surface area (Å²) >= 11 is 0. The van der Waals surface area contributed by atoms with Gasteiger partial charge in [0.25, 0.3) is 10.0 Å². The van der Waals surface area contributed by atoms with Crippen LogP contribution in [0.4, 0.5) is 10.3 Å². The normalized spacial score (nSPS) is 14.8. The second-order valence-corrected chi connectivity index (χ2v) is 6.75. The third-order valence-electron chi connectivity index (χ3n) is 3.64. The average molecular weight is 326 g/mol. The number of hydrogen-bond donors (Lipinski definition) is 0. The summed E-state index contributed by atoms with van der Waals surface area (Å²) in [7, 11) is -2.58. The number of methoxy groups -OCH3 is 1. The lowest BCUT2D eigenvalue weighted by atomic mass is 10.2. The van der Waals surface area contributed by atoms with E-state index >= 15 is 0 Å². The second kappa shape index (κ2) is 5.24. The van der Waals surface area contributed by atoms with Crippen LogP contribution < -0.4 is 9.04 Å². The van der Waals surface area contributed by atoms with Gasteiger partial charge in [-0.3, -0.25) is 0 Å². The number of ether oxygens (including phenoxy) is 1. The van der Waals surface area contributed by atoms with Crippen molar-refractivity contribution in [1.29, 1.82) is 0 Å². The van der Waals surface area contributed by atoms with Crippen LogP contribution in [0.25, 0.3) is 0 Å². The topological polar surface area (TPSA) is 77.3 Å². The zero-order chi connectivity index (χ0) is 15.9. The molecule has 0 bridgehead atoms. The number of sulfonamides is 1. The summed E-state index contributed by atoms with van der Waals surface area (Å²) in [4.78, 5) is 3.90. The van der Waals surface area contributed by atoms with Crippen LogP contribution >= 0.6 is 0 Å². The van der Waals surface area contributed by atoms with Crippen molar-refractivity contribution in [2.45, 2.75) is 24.8 Å². The first-order chi connectivity index (χ1) is 10.5. The quantitative estimate of drug-likeness (QED) is 0.850. The Balaban J connectivity index is 2.11. The van der Waals surface area contributed by atoms with Crippen LogP contribution in [0, 0.1) is 12.7 Å². The van der Waals surface area contributed by atoms with Crippen LogP contribution in [-0.4, -0.2) is 36.8 Å². The molecule has 0 spiro atoms. The van der Waals surface area contributed by atoms with Gasteiger partial charge in [-0.05, 0) is 25.5 Å². The highest BCUT2D eigenvalue weighted by Crippen LogP contribution is 2.31.